The molecule has 1 fully saturated rings. The molecule has 1 N–H and O–H groups in total. The number of nitrogens with zero attached hydrogens (tertiary/aromatic N) is 1. The molecular weight excluding hydrogens is 208 g/mol. The third-order valence-electron chi connectivity index (χ3n) is 2.92. The van der Waals surface area contributed by atoms with Gasteiger partial charge >= 0.3 is 5.97 Å². The summed E-state index contributed by atoms with van der Waals surface area (Å²) >= 11 is 0. The van der Waals surface area contributed by atoms with Gasteiger partial charge in [-0.25, -0.2) is 0 Å². The smallest absolute Gasteiger partial charge is 0.324 e. The fraction of sp³-hybridized carbons (Fsp3) is 0.909. The number of carbonyl (C=O) groups excluding carboxylic acids is 1. The van der Waals surface area contributed by atoms with Gasteiger partial charge in [0, 0.05) is 19.2 Å². The van der Waals surface area contributed by atoms with E-state index < -0.39 is 0 Å². The van der Waals surface area contributed by atoms with Crippen molar-refractivity contribution in [3.05, 3.63) is 0 Å². The summed E-state index contributed by atoms with van der Waals surface area (Å²) in [5.74, 6) is -0.184. The Hall–Kier alpha value is -0.650. The van der Waals surface area contributed by atoms with Gasteiger partial charge < -0.3 is 14.8 Å². The Morgan fingerprint density at radius 3 is 2.94 bits per heavy atom. The van der Waals surface area contributed by atoms with Crippen molar-refractivity contribution >= 4 is 5.97 Å². The number of hydrogen-bond acceptors (Lipinski definition) is 5. The molecule has 0 aromatic heterocycles. The number of rotatable bonds is 6. The van der Waals surface area contributed by atoms with Crippen LogP contribution in [0.5, 0.6) is 0 Å². The lowest BCUT2D eigenvalue weighted by atomic mass is 10.2. The fourth-order valence-corrected chi connectivity index (χ4v) is 1.83. The highest BCUT2D eigenvalue weighted by atomic mass is 16.5. The summed E-state index contributed by atoms with van der Waals surface area (Å²) in [5, 5.41) is 2.98. The van der Waals surface area contributed by atoms with Crippen LogP contribution in [0.15, 0.2) is 0 Å². The normalized spacial score (nSPS) is 22.4. The molecule has 1 saturated heterocycles. The van der Waals surface area contributed by atoms with Gasteiger partial charge in [-0.15, -0.1) is 0 Å². The van der Waals surface area contributed by atoms with Crippen LogP contribution < -0.4 is 5.32 Å². The van der Waals surface area contributed by atoms with Crippen LogP contribution in [0.2, 0.25) is 0 Å². The molecule has 0 saturated carbocycles. The van der Waals surface area contributed by atoms with Gasteiger partial charge in [0.15, 0.2) is 0 Å². The van der Waals surface area contributed by atoms with Crippen LogP contribution in [-0.4, -0.2) is 63.4 Å². The van der Waals surface area contributed by atoms with Crippen molar-refractivity contribution < 1.29 is 14.3 Å². The van der Waals surface area contributed by atoms with Crippen LogP contribution in [-0.2, 0) is 14.3 Å². The molecule has 0 spiro atoms. The summed E-state index contributed by atoms with van der Waals surface area (Å²) in [6.07, 6.45) is 1.04. The van der Waals surface area contributed by atoms with Crippen LogP contribution in [0.25, 0.3) is 0 Å². The Bertz CT molecular complexity index is 217. The van der Waals surface area contributed by atoms with E-state index in [0.717, 1.165) is 19.6 Å². The maximum absolute atomic E-state index is 11.6. The average Bonchev–Trinajstić information content (AvgIpc) is 2.79. The van der Waals surface area contributed by atoms with Crippen molar-refractivity contribution in [3.8, 4) is 0 Å². The molecule has 1 heterocycles. The zero-order valence-corrected chi connectivity index (χ0v) is 10.4. The highest BCUT2D eigenvalue weighted by molar-refractivity contribution is 5.76. The fourth-order valence-electron chi connectivity index (χ4n) is 1.83. The molecule has 2 atom stereocenters. The molecule has 1 aliphatic heterocycles. The number of carbonyl (C=O) groups is 1. The van der Waals surface area contributed by atoms with E-state index in [-0.39, 0.29) is 12.0 Å². The summed E-state index contributed by atoms with van der Waals surface area (Å²) in [7, 11) is 3.80. The van der Waals surface area contributed by atoms with Crippen LogP contribution in [0, 0.1) is 0 Å². The predicted molar refractivity (Wildman–Crippen MR) is 61.3 cm³/mol. The van der Waals surface area contributed by atoms with Gasteiger partial charge in [-0.1, -0.05) is 0 Å². The van der Waals surface area contributed by atoms with Crippen molar-refractivity contribution in [2.75, 3.05) is 40.5 Å². The molecule has 0 aliphatic carbocycles. The van der Waals surface area contributed by atoms with Crippen LogP contribution >= 0.6 is 0 Å². The highest BCUT2D eigenvalue weighted by Crippen LogP contribution is 2.10. The highest BCUT2D eigenvalue weighted by Gasteiger charge is 2.25. The molecule has 1 rings (SSSR count). The molecule has 94 valence electrons. The first-order valence-corrected chi connectivity index (χ1v) is 5.81. The third-order valence-corrected chi connectivity index (χ3v) is 2.92. The van der Waals surface area contributed by atoms with Gasteiger partial charge in [0.2, 0.25) is 0 Å². The van der Waals surface area contributed by atoms with Crippen molar-refractivity contribution in [1.82, 2.24) is 10.2 Å². The second-order valence-corrected chi connectivity index (χ2v) is 4.05. The van der Waals surface area contributed by atoms with Crippen LogP contribution in [0.1, 0.15) is 13.3 Å². The van der Waals surface area contributed by atoms with Crippen molar-refractivity contribution in [2.45, 2.75) is 25.4 Å². The Morgan fingerprint density at radius 1 is 1.69 bits per heavy atom. The van der Waals surface area contributed by atoms with Gasteiger partial charge in [0.25, 0.3) is 0 Å². The zero-order valence-electron chi connectivity index (χ0n) is 10.4. The van der Waals surface area contributed by atoms with E-state index in [9.17, 15) is 4.79 Å². The maximum atomic E-state index is 11.6. The molecular formula is C11H22N2O3. The lowest BCUT2D eigenvalue weighted by molar-refractivity contribution is -0.146. The molecule has 5 nitrogen and oxygen atoms in total. The summed E-state index contributed by atoms with van der Waals surface area (Å²) in [4.78, 5) is 13.7. The van der Waals surface area contributed by atoms with Crippen molar-refractivity contribution in [1.29, 1.82) is 0 Å². The Kier molecular flexibility index (Phi) is 5.73. The maximum Gasteiger partial charge on any atom is 0.324 e. The molecule has 16 heavy (non-hydrogen) atoms. The Morgan fingerprint density at radius 2 is 2.44 bits per heavy atom. The largest absolute Gasteiger partial charge is 0.465 e. The minimum atomic E-state index is -0.259. The SMILES string of the molecule is CCOC(=O)C(CN(C)C1CCOC1)NC. The van der Waals surface area contributed by atoms with E-state index in [0.29, 0.717) is 19.2 Å². The molecule has 0 aromatic rings. The molecule has 0 aromatic carbocycles. The Balaban J connectivity index is 2.39. The average molecular weight is 230 g/mol. The zero-order chi connectivity index (χ0) is 12.0. The lowest BCUT2D eigenvalue weighted by Crippen LogP contribution is -2.47. The van der Waals surface area contributed by atoms with Gasteiger partial charge in [0.05, 0.1) is 13.2 Å². The minimum Gasteiger partial charge on any atom is -0.465 e. The quantitative estimate of drug-likeness (QED) is 0.644. The first kappa shape index (κ1) is 13.4. The van der Waals surface area contributed by atoms with E-state index in [2.05, 4.69) is 10.2 Å². The van der Waals surface area contributed by atoms with E-state index in [1.165, 1.54) is 0 Å². The molecule has 5 heteroatoms. The first-order valence-electron chi connectivity index (χ1n) is 5.81. The molecule has 2 unspecified atom stereocenters. The van der Waals surface area contributed by atoms with Gasteiger partial charge in [-0.05, 0) is 27.4 Å². The first-order chi connectivity index (χ1) is 7.69. The molecule has 1 aliphatic rings. The topological polar surface area (TPSA) is 50.8 Å². The lowest BCUT2D eigenvalue weighted by Gasteiger charge is -2.26. The Labute approximate surface area is 97.1 Å². The number of likely N-dealkylation sites (N-methyl/N-ethyl adjacent to an activating group) is 2. The molecule has 0 radical (unpaired) electrons. The summed E-state index contributed by atoms with van der Waals surface area (Å²) in [6, 6.07) is 0.163. The van der Waals surface area contributed by atoms with E-state index in [1.54, 1.807) is 7.05 Å². The second-order valence-electron chi connectivity index (χ2n) is 4.05. The van der Waals surface area contributed by atoms with Gasteiger partial charge in [-0.2, -0.15) is 0 Å². The van der Waals surface area contributed by atoms with Gasteiger partial charge in [-0.3, -0.25) is 9.69 Å². The molecule has 0 bridgehead atoms. The standard InChI is InChI=1S/C11H22N2O3/c1-4-16-11(14)10(12-2)7-13(3)9-5-6-15-8-9/h9-10,12H,4-8H2,1-3H3. The van der Waals surface area contributed by atoms with Crippen LogP contribution in [0.4, 0.5) is 0 Å². The van der Waals surface area contributed by atoms with Crippen molar-refractivity contribution in [3.63, 3.8) is 0 Å². The number of esters is 1. The number of hydrogen-bond donors (Lipinski definition) is 1. The van der Waals surface area contributed by atoms with E-state index >= 15 is 0 Å². The van der Waals surface area contributed by atoms with E-state index in [4.69, 9.17) is 9.47 Å². The third kappa shape index (κ3) is 3.73. The second kappa shape index (κ2) is 6.83. The summed E-state index contributed by atoms with van der Waals surface area (Å²) < 4.78 is 10.3. The summed E-state index contributed by atoms with van der Waals surface area (Å²) in [5.41, 5.74) is 0. The predicted octanol–water partition coefficient (Wildman–Crippen LogP) is -0.142. The van der Waals surface area contributed by atoms with Gasteiger partial charge in [0.1, 0.15) is 6.04 Å². The number of nitrogens with one attached hydrogen (secondary N) is 1. The number of ether oxygens (including phenoxy) is 2. The van der Waals surface area contributed by atoms with E-state index in [1.807, 2.05) is 14.0 Å². The summed E-state index contributed by atoms with van der Waals surface area (Å²) in [6.45, 7) is 4.48. The minimum absolute atomic E-state index is 0.184. The monoisotopic (exact) mass is 230 g/mol. The van der Waals surface area contributed by atoms with Crippen molar-refractivity contribution in [2.24, 2.45) is 0 Å². The molecule has 0 amide bonds. The van der Waals surface area contributed by atoms with Crippen LogP contribution in [0.3, 0.4) is 0 Å².